The predicted molar refractivity (Wildman–Crippen MR) is 74.0 cm³/mol. The molecule has 0 spiro atoms. The average Bonchev–Trinajstić information content (AvgIpc) is 2.80. The van der Waals surface area contributed by atoms with Crippen molar-refractivity contribution >= 4 is 0 Å². The standard InChI is InChI=1S/C15H27F3NO/c1-8-9-11(19(6,7)15(16,17)18)12-10(2)13(12)20-14(3,4)5/h8-13H,1-7H3/q+1/b9-8+. The first-order chi connectivity index (χ1) is 8.83. The summed E-state index contributed by atoms with van der Waals surface area (Å²) in [4.78, 5) is 0. The number of allylic oxidation sites excluding steroid dienone is 1. The highest BCUT2D eigenvalue weighted by atomic mass is 19.4. The molecule has 0 heterocycles. The fourth-order valence-electron chi connectivity index (χ4n) is 2.70. The number of halogens is 3. The molecule has 4 atom stereocenters. The molecule has 1 aliphatic carbocycles. The molecule has 0 radical (unpaired) electrons. The molecule has 1 aliphatic rings. The summed E-state index contributed by atoms with van der Waals surface area (Å²) in [5, 5.41) is 0. The third-order valence-electron chi connectivity index (χ3n) is 4.04. The highest BCUT2D eigenvalue weighted by molar-refractivity contribution is 5.08. The predicted octanol–water partition coefficient (Wildman–Crippen LogP) is 3.98. The third-order valence-corrected chi connectivity index (χ3v) is 4.04. The van der Waals surface area contributed by atoms with E-state index in [1.165, 1.54) is 14.1 Å². The molecule has 0 aliphatic heterocycles. The second kappa shape index (κ2) is 5.34. The van der Waals surface area contributed by atoms with E-state index in [-0.39, 0.29) is 23.5 Å². The molecule has 0 N–H and O–H groups in total. The lowest BCUT2D eigenvalue weighted by atomic mass is 10.1. The zero-order valence-corrected chi connectivity index (χ0v) is 13.5. The first-order valence-electron chi connectivity index (χ1n) is 7.04. The van der Waals surface area contributed by atoms with Crippen molar-refractivity contribution in [3.05, 3.63) is 12.2 Å². The number of quaternary nitrogens is 1. The maximum Gasteiger partial charge on any atom is 0.561 e. The van der Waals surface area contributed by atoms with Crippen LogP contribution in [0.4, 0.5) is 13.2 Å². The van der Waals surface area contributed by atoms with Gasteiger partial charge in [-0.25, -0.2) is 4.48 Å². The molecule has 1 saturated carbocycles. The van der Waals surface area contributed by atoms with Gasteiger partial charge in [-0.2, -0.15) is 0 Å². The molecular formula is C15H27F3NO+. The molecule has 0 aromatic carbocycles. The monoisotopic (exact) mass is 294 g/mol. The van der Waals surface area contributed by atoms with Crippen LogP contribution in [0.5, 0.6) is 0 Å². The van der Waals surface area contributed by atoms with Gasteiger partial charge in [-0.1, -0.05) is 13.0 Å². The maximum absolute atomic E-state index is 13.3. The zero-order chi connectivity index (χ0) is 15.9. The molecule has 4 unspecified atom stereocenters. The summed E-state index contributed by atoms with van der Waals surface area (Å²) in [6.45, 7) is 9.53. The highest BCUT2D eigenvalue weighted by Gasteiger charge is 2.63. The van der Waals surface area contributed by atoms with Crippen molar-refractivity contribution in [2.24, 2.45) is 11.8 Å². The quantitative estimate of drug-likeness (QED) is 0.433. The minimum atomic E-state index is -4.28. The van der Waals surface area contributed by atoms with Crippen molar-refractivity contribution in [2.45, 2.75) is 58.7 Å². The fourth-order valence-corrected chi connectivity index (χ4v) is 2.70. The molecule has 0 aromatic rings. The number of hydrogen-bond acceptors (Lipinski definition) is 1. The van der Waals surface area contributed by atoms with Crippen LogP contribution in [0.15, 0.2) is 12.2 Å². The van der Waals surface area contributed by atoms with Crippen LogP contribution in [0, 0.1) is 11.8 Å². The van der Waals surface area contributed by atoms with E-state index in [4.69, 9.17) is 4.74 Å². The van der Waals surface area contributed by atoms with Crippen molar-refractivity contribution in [3.8, 4) is 0 Å². The summed E-state index contributed by atoms with van der Waals surface area (Å²) >= 11 is 0. The number of likely N-dealkylation sites (N-methyl/N-ethyl adjacent to an activating group) is 1. The third kappa shape index (κ3) is 3.55. The highest BCUT2D eigenvalue weighted by Crippen LogP contribution is 2.50. The summed E-state index contributed by atoms with van der Waals surface area (Å²) in [5.41, 5.74) is -0.330. The average molecular weight is 294 g/mol. The summed E-state index contributed by atoms with van der Waals surface area (Å²) in [6.07, 6.45) is -1.01. The van der Waals surface area contributed by atoms with E-state index in [1.54, 1.807) is 19.1 Å². The van der Waals surface area contributed by atoms with Gasteiger partial charge in [0, 0.05) is 5.92 Å². The van der Waals surface area contributed by atoms with Gasteiger partial charge in [0.25, 0.3) is 0 Å². The molecule has 1 rings (SSSR count). The van der Waals surface area contributed by atoms with Gasteiger partial charge in [-0.15, -0.1) is 13.2 Å². The van der Waals surface area contributed by atoms with Crippen molar-refractivity contribution in [3.63, 3.8) is 0 Å². The first kappa shape index (κ1) is 17.5. The normalized spacial score (nSPS) is 29.8. The minimum absolute atomic E-state index is 0.0953. The Morgan fingerprint density at radius 2 is 1.65 bits per heavy atom. The van der Waals surface area contributed by atoms with E-state index in [2.05, 4.69) is 0 Å². The maximum atomic E-state index is 13.3. The summed E-state index contributed by atoms with van der Waals surface area (Å²) in [6, 6.07) is -0.609. The van der Waals surface area contributed by atoms with Gasteiger partial charge in [-0.3, -0.25) is 0 Å². The Balaban J connectivity index is 2.95. The van der Waals surface area contributed by atoms with E-state index >= 15 is 0 Å². The van der Waals surface area contributed by atoms with Gasteiger partial charge >= 0.3 is 6.30 Å². The minimum Gasteiger partial charge on any atom is -0.372 e. The van der Waals surface area contributed by atoms with E-state index in [9.17, 15) is 13.2 Å². The second-order valence-corrected chi connectivity index (χ2v) is 7.16. The Morgan fingerprint density at radius 1 is 1.15 bits per heavy atom. The molecule has 2 nitrogen and oxygen atoms in total. The largest absolute Gasteiger partial charge is 0.561 e. The van der Waals surface area contributed by atoms with Gasteiger partial charge in [0.05, 0.1) is 25.8 Å². The van der Waals surface area contributed by atoms with E-state index in [0.29, 0.717) is 0 Å². The molecule has 1 fully saturated rings. The zero-order valence-electron chi connectivity index (χ0n) is 13.5. The molecule has 0 bridgehead atoms. The fraction of sp³-hybridized carbons (Fsp3) is 0.867. The van der Waals surface area contributed by atoms with E-state index in [0.717, 1.165) is 0 Å². The smallest absolute Gasteiger partial charge is 0.372 e. The Morgan fingerprint density at radius 3 is 2.00 bits per heavy atom. The lowest BCUT2D eigenvalue weighted by molar-refractivity contribution is -1.01. The molecular weight excluding hydrogens is 267 g/mol. The van der Waals surface area contributed by atoms with Crippen molar-refractivity contribution in [1.82, 2.24) is 0 Å². The summed E-state index contributed by atoms with van der Waals surface area (Å²) < 4.78 is 44.7. The Kier molecular flexibility index (Phi) is 4.67. The molecule has 20 heavy (non-hydrogen) atoms. The van der Waals surface area contributed by atoms with E-state index in [1.807, 2.05) is 27.7 Å². The number of rotatable bonds is 4. The molecule has 0 aromatic heterocycles. The summed E-state index contributed by atoms with van der Waals surface area (Å²) in [7, 11) is 2.45. The van der Waals surface area contributed by atoms with Gasteiger partial charge in [0.15, 0.2) is 0 Å². The Labute approximate surface area is 120 Å². The number of ether oxygens (including phenoxy) is 1. The topological polar surface area (TPSA) is 9.23 Å². The second-order valence-electron chi connectivity index (χ2n) is 7.16. The molecule has 118 valence electrons. The van der Waals surface area contributed by atoms with Gasteiger partial charge < -0.3 is 4.74 Å². The molecule has 0 amide bonds. The van der Waals surface area contributed by atoms with Crippen LogP contribution in [0.3, 0.4) is 0 Å². The Hall–Kier alpha value is -0.550. The Bertz CT molecular complexity index is 368. The number of hydrogen-bond donors (Lipinski definition) is 0. The van der Waals surface area contributed by atoms with Crippen molar-refractivity contribution < 1.29 is 22.4 Å². The lowest BCUT2D eigenvalue weighted by Gasteiger charge is -2.37. The van der Waals surface area contributed by atoms with E-state index < -0.39 is 16.8 Å². The van der Waals surface area contributed by atoms with Crippen LogP contribution in [-0.4, -0.2) is 42.6 Å². The molecule has 5 heteroatoms. The summed E-state index contributed by atoms with van der Waals surface area (Å²) in [5.74, 6) is 0.0530. The first-order valence-corrected chi connectivity index (χ1v) is 7.04. The van der Waals surface area contributed by atoms with Crippen LogP contribution < -0.4 is 0 Å². The van der Waals surface area contributed by atoms with Crippen molar-refractivity contribution in [2.75, 3.05) is 14.1 Å². The van der Waals surface area contributed by atoms with Crippen LogP contribution in [0.25, 0.3) is 0 Å². The molecule has 0 saturated heterocycles. The number of nitrogens with zero attached hydrogens (tertiary/aromatic N) is 1. The van der Waals surface area contributed by atoms with Gasteiger partial charge in [-0.05, 0) is 39.7 Å². The van der Waals surface area contributed by atoms with Crippen LogP contribution >= 0.6 is 0 Å². The lowest BCUT2D eigenvalue weighted by Crippen LogP contribution is -2.58. The SMILES string of the molecule is C/C=C/C(C1C(C)C1OC(C)(C)C)[N+](C)(C)C(F)(F)F. The van der Waals surface area contributed by atoms with Gasteiger partial charge in [0.1, 0.15) is 6.04 Å². The van der Waals surface area contributed by atoms with Crippen LogP contribution in [-0.2, 0) is 4.74 Å². The van der Waals surface area contributed by atoms with Gasteiger partial charge in [0.2, 0.25) is 0 Å². The van der Waals surface area contributed by atoms with Crippen molar-refractivity contribution in [1.29, 1.82) is 0 Å². The van der Waals surface area contributed by atoms with Crippen LogP contribution in [0.2, 0.25) is 0 Å². The van der Waals surface area contributed by atoms with Crippen LogP contribution in [0.1, 0.15) is 34.6 Å². The number of alkyl halides is 3.